The number of nitrogens with zero attached hydrogens (tertiary/aromatic N) is 3. The zero-order valence-corrected chi connectivity index (χ0v) is 19.7. The Hall–Kier alpha value is -3.91. The van der Waals surface area contributed by atoms with Crippen LogP contribution in [-0.2, 0) is 9.53 Å². The number of amides is 1. The molecule has 0 saturated heterocycles. The summed E-state index contributed by atoms with van der Waals surface area (Å²) in [6.07, 6.45) is 1.35. The van der Waals surface area contributed by atoms with E-state index in [0.717, 1.165) is 22.0 Å². The van der Waals surface area contributed by atoms with Gasteiger partial charge in [-0.25, -0.2) is 9.78 Å². The first-order valence-corrected chi connectivity index (χ1v) is 11.1. The van der Waals surface area contributed by atoms with E-state index in [2.05, 4.69) is 15.4 Å². The van der Waals surface area contributed by atoms with Gasteiger partial charge in [-0.2, -0.15) is 9.78 Å². The van der Waals surface area contributed by atoms with Crippen LogP contribution in [0.1, 0.15) is 28.4 Å². The van der Waals surface area contributed by atoms with Crippen molar-refractivity contribution in [1.29, 1.82) is 0 Å². The predicted octanol–water partition coefficient (Wildman–Crippen LogP) is 4.88. The average Bonchev–Trinajstić information content (AvgIpc) is 3.23. The molecule has 8 nitrogen and oxygen atoms in total. The Morgan fingerprint density at radius 1 is 1.09 bits per heavy atom. The maximum Gasteiger partial charge on any atom is 0.343 e. The van der Waals surface area contributed by atoms with Crippen molar-refractivity contribution < 1.29 is 19.1 Å². The number of nitrogens with one attached hydrogen (secondary N) is 1. The summed E-state index contributed by atoms with van der Waals surface area (Å²) in [7, 11) is 0. The van der Waals surface area contributed by atoms with Crippen molar-refractivity contribution in [3.63, 3.8) is 0 Å². The van der Waals surface area contributed by atoms with Gasteiger partial charge in [-0.05, 0) is 62.2 Å². The number of benzene rings is 2. The van der Waals surface area contributed by atoms with Gasteiger partial charge in [0.05, 0.1) is 18.3 Å². The molecule has 2 aromatic heterocycles. The average molecular weight is 479 g/mol. The van der Waals surface area contributed by atoms with Gasteiger partial charge < -0.3 is 14.8 Å². The molecule has 0 aliphatic heterocycles. The normalized spacial score (nSPS) is 10.8. The van der Waals surface area contributed by atoms with Crippen molar-refractivity contribution in [3.8, 4) is 11.6 Å². The first kappa shape index (κ1) is 23.3. The quantitative estimate of drug-likeness (QED) is 0.380. The van der Waals surface area contributed by atoms with Gasteiger partial charge in [-0.15, -0.1) is 0 Å². The number of ether oxygens (including phenoxy) is 2. The molecule has 0 saturated carbocycles. The van der Waals surface area contributed by atoms with Gasteiger partial charge in [-0.3, -0.25) is 4.79 Å². The highest BCUT2D eigenvalue weighted by Gasteiger charge is 2.23. The number of aromatic nitrogens is 3. The van der Waals surface area contributed by atoms with Crippen LogP contribution >= 0.6 is 11.6 Å². The number of esters is 1. The monoisotopic (exact) mass is 478 g/mol. The largest absolute Gasteiger partial charge is 0.484 e. The lowest BCUT2D eigenvalue weighted by atomic mass is 10.1. The van der Waals surface area contributed by atoms with Crippen molar-refractivity contribution in [3.05, 3.63) is 76.4 Å². The predicted molar refractivity (Wildman–Crippen MR) is 130 cm³/mol. The zero-order valence-electron chi connectivity index (χ0n) is 19.0. The van der Waals surface area contributed by atoms with E-state index in [1.165, 1.54) is 10.9 Å². The third-order valence-corrected chi connectivity index (χ3v) is 5.57. The van der Waals surface area contributed by atoms with Crippen LogP contribution in [-0.4, -0.2) is 39.9 Å². The van der Waals surface area contributed by atoms with Gasteiger partial charge in [-0.1, -0.05) is 29.8 Å². The summed E-state index contributed by atoms with van der Waals surface area (Å²) >= 11 is 6.04. The molecule has 0 bridgehead atoms. The number of hydrogen-bond donors (Lipinski definition) is 1. The molecule has 9 heteroatoms. The van der Waals surface area contributed by atoms with Crippen LogP contribution in [0, 0.1) is 13.8 Å². The van der Waals surface area contributed by atoms with Crippen LogP contribution < -0.4 is 10.1 Å². The Bertz CT molecular complexity index is 1380. The molecule has 0 radical (unpaired) electrons. The van der Waals surface area contributed by atoms with Crippen LogP contribution in [0.3, 0.4) is 0 Å². The number of halogens is 1. The second-order valence-electron chi connectivity index (χ2n) is 7.60. The summed E-state index contributed by atoms with van der Waals surface area (Å²) in [5, 5.41) is 8.65. The Morgan fingerprint density at radius 2 is 1.88 bits per heavy atom. The molecule has 4 aromatic rings. The fraction of sp³-hybridized carbons (Fsp3) is 0.200. The summed E-state index contributed by atoms with van der Waals surface area (Å²) in [4.78, 5) is 29.9. The zero-order chi connectivity index (χ0) is 24.2. The van der Waals surface area contributed by atoms with Gasteiger partial charge in [0.2, 0.25) is 0 Å². The first-order valence-electron chi connectivity index (χ1n) is 10.7. The topological polar surface area (TPSA) is 95.3 Å². The smallest absolute Gasteiger partial charge is 0.343 e. The molecule has 0 spiro atoms. The fourth-order valence-corrected chi connectivity index (χ4v) is 3.58. The van der Waals surface area contributed by atoms with Crippen molar-refractivity contribution in [2.24, 2.45) is 0 Å². The van der Waals surface area contributed by atoms with Crippen LogP contribution in [0.4, 0.5) is 5.82 Å². The minimum atomic E-state index is -0.601. The SMILES string of the molecule is CCOC(=O)c1cnn(-c2cc(C)c3ccccc3n2)c1NC(=O)COc1ccc(Cl)c(C)c1. The highest BCUT2D eigenvalue weighted by atomic mass is 35.5. The van der Waals surface area contributed by atoms with E-state index in [4.69, 9.17) is 21.1 Å². The number of fused-ring (bicyclic) bond motifs is 1. The summed E-state index contributed by atoms with van der Waals surface area (Å²) in [6, 6.07) is 14.7. The van der Waals surface area contributed by atoms with Crippen LogP contribution in [0.5, 0.6) is 5.75 Å². The van der Waals surface area contributed by atoms with Crippen molar-refractivity contribution in [2.45, 2.75) is 20.8 Å². The summed E-state index contributed by atoms with van der Waals surface area (Å²) < 4.78 is 12.1. The molecule has 4 rings (SSSR count). The molecule has 0 aliphatic carbocycles. The maximum atomic E-state index is 12.8. The summed E-state index contributed by atoms with van der Waals surface area (Å²) in [6.45, 7) is 5.42. The molecule has 2 aromatic carbocycles. The molecular weight excluding hydrogens is 456 g/mol. The number of hydrogen-bond acceptors (Lipinski definition) is 6. The van der Waals surface area contributed by atoms with E-state index in [1.807, 2.05) is 44.2 Å². The van der Waals surface area contributed by atoms with Crippen LogP contribution in [0.25, 0.3) is 16.7 Å². The number of rotatable bonds is 7. The second kappa shape index (κ2) is 9.93. The third kappa shape index (κ3) is 4.87. The van der Waals surface area contributed by atoms with Crippen LogP contribution in [0.15, 0.2) is 54.7 Å². The standard InChI is InChI=1S/C25H23ClN4O4/c1-4-33-25(32)19-13-27-30(22-12-15(2)18-7-5-6-8-21(18)28-22)24(19)29-23(31)14-34-17-9-10-20(26)16(3)11-17/h5-13H,4,14H2,1-3H3,(H,29,31). The number of carbonyl (C=O) groups excluding carboxylic acids is 2. The second-order valence-corrected chi connectivity index (χ2v) is 8.01. The number of carbonyl (C=O) groups is 2. The summed E-state index contributed by atoms with van der Waals surface area (Å²) in [5.74, 6) is 0.0361. The van der Waals surface area contributed by atoms with E-state index in [-0.39, 0.29) is 24.6 Å². The Labute approximate surface area is 201 Å². The molecule has 2 heterocycles. The van der Waals surface area contributed by atoms with E-state index in [9.17, 15) is 9.59 Å². The van der Waals surface area contributed by atoms with E-state index in [1.54, 1.807) is 25.1 Å². The van der Waals surface area contributed by atoms with Gasteiger partial charge in [0.25, 0.3) is 5.91 Å². The molecule has 1 amide bonds. The number of pyridine rings is 1. The van der Waals surface area contributed by atoms with Gasteiger partial charge in [0.15, 0.2) is 18.2 Å². The molecule has 0 unspecified atom stereocenters. The Morgan fingerprint density at radius 3 is 2.65 bits per heavy atom. The van der Waals surface area contributed by atoms with Gasteiger partial charge in [0.1, 0.15) is 11.3 Å². The molecule has 1 N–H and O–H groups in total. The van der Waals surface area contributed by atoms with E-state index < -0.39 is 11.9 Å². The summed E-state index contributed by atoms with van der Waals surface area (Å²) in [5.41, 5.74) is 2.70. The highest BCUT2D eigenvalue weighted by Crippen LogP contribution is 2.25. The Kier molecular flexibility index (Phi) is 6.79. The van der Waals surface area contributed by atoms with Crippen molar-refractivity contribution in [1.82, 2.24) is 14.8 Å². The molecule has 174 valence electrons. The maximum absolute atomic E-state index is 12.8. The number of para-hydroxylation sites is 1. The minimum Gasteiger partial charge on any atom is -0.484 e. The lowest BCUT2D eigenvalue weighted by molar-refractivity contribution is -0.118. The third-order valence-electron chi connectivity index (χ3n) is 5.15. The van der Waals surface area contributed by atoms with Crippen LogP contribution in [0.2, 0.25) is 5.02 Å². The molecule has 0 fully saturated rings. The lowest BCUT2D eigenvalue weighted by Crippen LogP contribution is -2.23. The van der Waals surface area contributed by atoms with E-state index >= 15 is 0 Å². The fourth-order valence-electron chi connectivity index (χ4n) is 3.46. The lowest BCUT2D eigenvalue weighted by Gasteiger charge is -2.13. The first-order chi connectivity index (χ1) is 16.4. The van der Waals surface area contributed by atoms with Crippen molar-refractivity contribution in [2.75, 3.05) is 18.5 Å². The van der Waals surface area contributed by atoms with Gasteiger partial charge in [0, 0.05) is 10.4 Å². The van der Waals surface area contributed by atoms with Gasteiger partial charge >= 0.3 is 5.97 Å². The highest BCUT2D eigenvalue weighted by molar-refractivity contribution is 6.31. The molecule has 34 heavy (non-hydrogen) atoms. The number of anilines is 1. The molecule has 0 aliphatic rings. The Balaban J connectivity index is 1.65. The van der Waals surface area contributed by atoms with E-state index in [0.29, 0.717) is 16.6 Å². The minimum absolute atomic E-state index is 0.116. The molecular formula is C25H23ClN4O4. The van der Waals surface area contributed by atoms with Crippen molar-refractivity contribution >= 4 is 40.2 Å². The molecule has 0 atom stereocenters. The number of aryl methyl sites for hydroxylation is 2.